The summed E-state index contributed by atoms with van der Waals surface area (Å²) in [6, 6.07) is 20.3. The molecule has 0 unspecified atom stereocenters. The fourth-order valence-corrected chi connectivity index (χ4v) is 5.81. The van der Waals surface area contributed by atoms with Crippen molar-refractivity contribution in [1.29, 1.82) is 0 Å². The number of amides is 2. The molecule has 3 aromatic carbocycles. The highest BCUT2D eigenvalue weighted by Crippen LogP contribution is 2.27. The lowest BCUT2D eigenvalue weighted by atomic mass is 9.85. The monoisotopic (exact) mass is 523 g/mol. The molecule has 0 radical (unpaired) electrons. The van der Waals surface area contributed by atoms with Gasteiger partial charge >= 0.3 is 0 Å². The highest BCUT2D eigenvalue weighted by Gasteiger charge is 2.30. The summed E-state index contributed by atoms with van der Waals surface area (Å²) >= 11 is 0. The lowest BCUT2D eigenvalue weighted by molar-refractivity contribution is -0.126. The van der Waals surface area contributed by atoms with Crippen LogP contribution in [0.4, 0.5) is 10.1 Å². The van der Waals surface area contributed by atoms with Crippen molar-refractivity contribution in [3.05, 3.63) is 95.8 Å². The van der Waals surface area contributed by atoms with Gasteiger partial charge in [0, 0.05) is 23.2 Å². The quantitative estimate of drug-likeness (QED) is 0.395. The third kappa shape index (κ3) is 7.02. The van der Waals surface area contributed by atoms with Crippen LogP contribution in [0.25, 0.3) is 0 Å². The van der Waals surface area contributed by atoms with Crippen LogP contribution in [0, 0.1) is 11.7 Å². The van der Waals surface area contributed by atoms with Gasteiger partial charge < -0.3 is 10.6 Å². The molecule has 1 fully saturated rings. The number of benzene rings is 3. The SMILES string of the molecule is C[C@@H](NC(=O)C1CCC(NS(=O)(=O)c2cccc(NC(=O)c3ccccc3)c2)CC1)c1ccc(F)cc1. The molecule has 194 valence electrons. The first kappa shape index (κ1) is 26.5. The van der Waals surface area contributed by atoms with Crippen molar-refractivity contribution in [3.8, 4) is 0 Å². The van der Waals surface area contributed by atoms with E-state index in [-0.39, 0.29) is 40.5 Å². The van der Waals surface area contributed by atoms with Gasteiger partial charge in [0.15, 0.2) is 0 Å². The fraction of sp³-hybridized carbons (Fsp3) is 0.286. The zero-order valence-electron chi connectivity index (χ0n) is 20.5. The molecule has 3 aromatic rings. The van der Waals surface area contributed by atoms with Crippen molar-refractivity contribution in [3.63, 3.8) is 0 Å². The molecule has 1 aliphatic rings. The van der Waals surface area contributed by atoms with Gasteiger partial charge in [-0.15, -0.1) is 0 Å². The Kier molecular flexibility index (Phi) is 8.35. The predicted molar refractivity (Wildman–Crippen MR) is 140 cm³/mol. The van der Waals surface area contributed by atoms with Crippen molar-refractivity contribution in [2.45, 2.75) is 49.6 Å². The molecule has 9 heteroatoms. The summed E-state index contributed by atoms with van der Waals surface area (Å²) in [6.45, 7) is 1.85. The van der Waals surface area contributed by atoms with Gasteiger partial charge in [0.1, 0.15) is 5.82 Å². The second-order valence-corrected chi connectivity index (χ2v) is 11.0. The molecule has 0 bridgehead atoms. The summed E-state index contributed by atoms with van der Waals surface area (Å²) < 4.78 is 41.9. The van der Waals surface area contributed by atoms with E-state index in [2.05, 4.69) is 15.4 Å². The summed E-state index contributed by atoms with van der Waals surface area (Å²) in [5, 5.41) is 5.70. The van der Waals surface area contributed by atoms with E-state index in [1.165, 1.54) is 24.3 Å². The molecule has 2 amide bonds. The minimum atomic E-state index is -3.81. The maximum absolute atomic E-state index is 13.1. The zero-order valence-corrected chi connectivity index (χ0v) is 21.3. The van der Waals surface area contributed by atoms with Crippen LogP contribution < -0.4 is 15.4 Å². The van der Waals surface area contributed by atoms with E-state index in [4.69, 9.17) is 0 Å². The van der Waals surface area contributed by atoms with E-state index in [0.29, 0.717) is 36.9 Å². The van der Waals surface area contributed by atoms with Crippen molar-refractivity contribution >= 4 is 27.5 Å². The number of rotatable bonds is 8. The maximum Gasteiger partial charge on any atom is 0.255 e. The highest BCUT2D eigenvalue weighted by molar-refractivity contribution is 7.89. The zero-order chi connectivity index (χ0) is 26.4. The third-order valence-corrected chi connectivity index (χ3v) is 8.10. The summed E-state index contributed by atoms with van der Waals surface area (Å²) in [5.41, 5.74) is 1.67. The van der Waals surface area contributed by atoms with Crippen LogP contribution in [0.2, 0.25) is 0 Å². The average molecular weight is 524 g/mol. The largest absolute Gasteiger partial charge is 0.349 e. The topological polar surface area (TPSA) is 104 Å². The predicted octanol–water partition coefficient (Wildman–Crippen LogP) is 4.79. The third-order valence-electron chi connectivity index (χ3n) is 6.59. The molecule has 1 aliphatic carbocycles. The van der Waals surface area contributed by atoms with Crippen LogP contribution in [0.1, 0.15) is 54.6 Å². The van der Waals surface area contributed by atoms with Crippen molar-refractivity contribution in [1.82, 2.24) is 10.0 Å². The lowest BCUT2D eigenvalue weighted by Gasteiger charge is -2.29. The van der Waals surface area contributed by atoms with E-state index in [1.807, 2.05) is 13.0 Å². The van der Waals surface area contributed by atoms with Crippen molar-refractivity contribution in [2.75, 3.05) is 5.32 Å². The average Bonchev–Trinajstić information content (AvgIpc) is 2.90. The molecule has 37 heavy (non-hydrogen) atoms. The Morgan fingerprint density at radius 3 is 2.24 bits per heavy atom. The lowest BCUT2D eigenvalue weighted by Crippen LogP contribution is -2.41. The van der Waals surface area contributed by atoms with Gasteiger partial charge in [-0.25, -0.2) is 17.5 Å². The van der Waals surface area contributed by atoms with E-state index >= 15 is 0 Å². The molecule has 7 nitrogen and oxygen atoms in total. The van der Waals surface area contributed by atoms with Gasteiger partial charge in [-0.2, -0.15) is 0 Å². The standard InChI is InChI=1S/C28H30FN3O4S/c1-19(20-10-14-23(29)15-11-20)30-27(33)22-12-16-24(17-13-22)32-37(35,36)26-9-5-8-25(18-26)31-28(34)21-6-3-2-4-7-21/h2-11,14-15,18-19,22,24,32H,12-13,16-17H2,1H3,(H,30,33)(H,31,34)/t19-,22?,24?/m1/s1. The summed E-state index contributed by atoms with van der Waals surface area (Å²) in [7, 11) is -3.81. The first-order valence-corrected chi connectivity index (χ1v) is 13.7. The van der Waals surface area contributed by atoms with Crippen LogP contribution in [0.5, 0.6) is 0 Å². The molecule has 0 heterocycles. The number of nitrogens with one attached hydrogen (secondary N) is 3. The Morgan fingerprint density at radius 2 is 1.57 bits per heavy atom. The van der Waals surface area contributed by atoms with Gasteiger partial charge in [0.05, 0.1) is 10.9 Å². The summed E-state index contributed by atoms with van der Waals surface area (Å²) in [4.78, 5) is 25.2. The molecule has 3 N–H and O–H groups in total. The number of halogens is 1. The van der Waals surface area contributed by atoms with Crippen molar-refractivity contribution < 1.29 is 22.4 Å². The molecule has 4 rings (SSSR count). The Hall–Kier alpha value is -3.56. The highest BCUT2D eigenvalue weighted by atomic mass is 32.2. The van der Waals surface area contributed by atoms with Gasteiger partial charge in [-0.3, -0.25) is 9.59 Å². The molecular formula is C28H30FN3O4S. The number of anilines is 1. The van der Waals surface area contributed by atoms with Crippen LogP contribution >= 0.6 is 0 Å². The van der Waals surface area contributed by atoms with E-state index in [9.17, 15) is 22.4 Å². The smallest absolute Gasteiger partial charge is 0.255 e. The number of hydrogen-bond donors (Lipinski definition) is 3. The first-order chi connectivity index (χ1) is 17.7. The summed E-state index contributed by atoms with van der Waals surface area (Å²) in [5.74, 6) is -0.944. The first-order valence-electron chi connectivity index (χ1n) is 12.3. The molecular weight excluding hydrogens is 493 g/mol. The second kappa shape index (κ2) is 11.7. The minimum absolute atomic E-state index is 0.0614. The van der Waals surface area contributed by atoms with E-state index in [0.717, 1.165) is 5.56 Å². The maximum atomic E-state index is 13.1. The Morgan fingerprint density at radius 1 is 0.892 bits per heavy atom. The second-order valence-electron chi connectivity index (χ2n) is 9.30. The number of sulfonamides is 1. The Labute approximate surface area is 216 Å². The number of hydrogen-bond acceptors (Lipinski definition) is 4. The van der Waals surface area contributed by atoms with Crippen LogP contribution in [-0.2, 0) is 14.8 Å². The van der Waals surface area contributed by atoms with Crippen LogP contribution in [0.15, 0.2) is 83.8 Å². The molecule has 0 aromatic heterocycles. The molecule has 0 saturated heterocycles. The molecule has 0 spiro atoms. The van der Waals surface area contributed by atoms with E-state index < -0.39 is 10.0 Å². The van der Waals surface area contributed by atoms with Crippen LogP contribution in [0.3, 0.4) is 0 Å². The fourth-order valence-electron chi connectivity index (χ4n) is 4.46. The van der Waals surface area contributed by atoms with Crippen LogP contribution in [-0.4, -0.2) is 26.3 Å². The summed E-state index contributed by atoms with van der Waals surface area (Å²) in [6.07, 6.45) is 2.18. The molecule has 0 aliphatic heterocycles. The van der Waals surface area contributed by atoms with Gasteiger partial charge in [0.2, 0.25) is 15.9 Å². The number of carbonyl (C=O) groups is 2. The Balaban J connectivity index is 1.30. The normalized spacial score (nSPS) is 18.5. The molecule has 1 atom stereocenters. The van der Waals surface area contributed by atoms with Gasteiger partial charge in [0.25, 0.3) is 5.91 Å². The van der Waals surface area contributed by atoms with Gasteiger partial charge in [-0.05, 0) is 80.6 Å². The van der Waals surface area contributed by atoms with Gasteiger partial charge in [-0.1, -0.05) is 36.4 Å². The molecule has 1 saturated carbocycles. The minimum Gasteiger partial charge on any atom is -0.349 e. The number of carbonyl (C=O) groups excluding carboxylic acids is 2. The Bertz CT molecular complexity index is 1340. The van der Waals surface area contributed by atoms with Crippen molar-refractivity contribution in [2.24, 2.45) is 5.92 Å². The van der Waals surface area contributed by atoms with E-state index in [1.54, 1.807) is 48.5 Å².